The van der Waals surface area contributed by atoms with E-state index in [-0.39, 0.29) is 23.1 Å². The molecular weight excluding hydrogens is 276 g/mol. The largest absolute Gasteiger partial charge is 0.342 e. The Morgan fingerprint density at radius 3 is 2.50 bits per heavy atom. The van der Waals surface area contributed by atoms with Gasteiger partial charge in [-0.1, -0.05) is 31.5 Å². The molecule has 2 heterocycles. The fourth-order valence-corrected chi connectivity index (χ4v) is 3.62. The summed E-state index contributed by atoms with van der Waals surface area (Å²) in [4.78, 5) is 28.5. The molecule has 1 atom stereocenters. The summed E-state index contributed by atoms with van der Waals surface area (Å²) in [5.74, 6) is 0.418. The van der Waals surface area contributed by atoms with E-state index in [1.165, 1.54) is 5.56 Å². The van der Waals surface area contributed by atoms with Gasteiger partial charge in [0.2, 0.25) is 11.8 Å². The van der Waals surface area contributed by atoms with Gasteiger partial charge >= 0.3 is 0 Å². The third-order valence-corrected chi connectivity index (χ3v) is 4.91. The number of hydrogen-bond acceptors (Lipinski definition) is 2. The first kappa shape index (κ1) is 15.1. The van der Waals surface area contributed by atoms with Crippen LogP contribution < -0.4 is 4.90 Å². The third kappa shape index (κ3) is 2.62. The lowest BCUT2D eigenvalue weighted by Gasteiger charge is -2.25. The van der Waals surface area contributed by atoms with Crippen molar-refractivity contribution in [1.29, 1.82) is 0 Å². The summed E-state index contributed by atoms with van der Waals surface area (Å²) in [5, 5.41) is 0. The van der Waals surface area contributed by atoms with Crippen molar-refractivity contribution in [3.05, 3.63) is 29.8 Å². The van der Waals surface area contributed by atoms with Crippen molar-refractivity contribution >= 4 is 17.5 Å². The molecule has 2 fully saturated rings. The quantitative estimate of drug-likeness (QED) is 0.842. The van der Waals surface area contributed by atoms with Gasteiger partial charge in [-0.3, -0.25) is 9.59 Å². The molecule has 0 bridgehead atoms. The van der Waals surface area contributed by atoms with Crippen molar-refractivity contribution < 1.29 is 9.59 Å². The number of carbonyl (C=O) groups excluding carboxylic acids is 2. The molecule has 0 aliphatic carbocycles. The Labute approximate surface area is 132 Å². The van der Waals surface area contributed by atoms with Crippen molar-refractivity contribution in [2.45, 2.75) is 33.6 Å². The lowest BCUT2D eigenvalue weighted by atomic mass is 9.86. The van der Waals surface area contributed by atoms with E-state index in [0.29, 0.717) is 6.42 Å². The van der Waals surface area contributed by atoms with Gasteiger partial charge in [0.15, 0.2) is 0 Å². The Morgan fingerprint density at radius 1 is 1.18 bits per heavy atom. The average Bonchev–Trinajstić information content (AvgIpc) is 3.03. The number of likely N-dealkylation sites (tertiary alicyclic amines) is 1. The minimum atomic E-state index is -0.0491. The van der Waals surface area contributed by atoms with Crippen molar-refractivity contribution in [3.8, 4) is 0 Å². The summed E-state index contributed by atoms with van der Waals surface area (Å²) in [7, 11) is 0. The van der Waals surface area contributed by atoms with Crippen LogP contribution in [0.4, 0.5) is 5.69 Å². The summed E-state index contributed by atoms with van der Waals surface area (Å²) in [6.45, 7) is 8.15. The van der Waals surface area contributed by atoms with Crippen LogP contribution in [0.15, 0.2) is 24.3 Å². The lowest BCUT2D eigenvalue weighted by Crippen LogP contribution is -2.36. The fourth-order valence-electron chi connectivity index (χ4n) is 3.62. The second kappa shape index (κ2) is 5.41. The van der Waals surface area contributed by atoms with Crippen LogP contribution in [0.25, 0.3) is 0 Å². The topological polar surface area (TPSA) is 40.6 Å². The van der Waals surface area contributed by atoms with Crippen LogP contribution in [0, 0.1) is 18.3 Å². The van der Waals surface area contributed by atoms with Crippen molar-refractivity contribution in [1.82, 2.24) is 4.90 Å². The van der Waals surface area contributed by atoms with Crippen molar-refractivity contribution in [2.75, 3.05) is 24.5 Å². The molecule has 1 spiro atoms. The van der Waals surface area contributed by atoms with Crippen LogP contribution in [-0.4, -0.2) is 36.3 Å². The highest BCUT2D eigenvalue weighted by atomic mass is 16.2. The molecule has 4 nitrogen and oxygen atoms in total. The number of nitrogens with zero attached hydrogens (tertiary/aromatic N) is 2. The molecule has 2 saturated heterocycles. The summed E-state index contributed by atoms with van der Waals surface area (Å²) >= 11 is 0. The van der Waals surface area contributed by atoms with E-state index in [0.717, 1.165) is 31.7 Å². The van der Waals surface area contributed by atoms with E-state index in [2.05, 4.69) is 0 Å². The van der Waals surface area contributed by atoms with Crippen molar-refractivity contribution in [2.24, 2.45) is 11.3 Å². The van der Waals surface area contributed by atoms with E-state index < -0.39 is 0 Å². The van der Waals surface area contributed by atoms with Crippen LogP contribution >= 0.6 is 0 Å². The first-order valence-corrected chi connectivity index (χ1v) is 8.06. The Morgan fingerprint density at radius 2 is 1.86 bits per heavy atom. The monoisotopic (exact) mass is 300 g/mol. The average molecular weight is 300 g/mol. The van der Waals surface area contributed by atoms with Gasteiger partial charge in [0.1, 0.15) is 0 Å². The standard InChI is InChI=1S/C18H24N2O2/c1-13(2)17(22)19-9-8-18(11-19)10-16(21)20(12-18)15-6-4-14(3)5-7-15/h4-7,13H,8-12H2,1-3H3. The number of aryl methyl sites for hydroxylation is 1. The number of rotatable bonds is 2. The van der Waals surface area contributed by atoms with Crippen LogP contribution in [-0.2, 0) is 9.59 Å². The van der Waals surface area contributed by atoms with Crippen LogP contribution in [0.2, 0.25) is 0 Å². The van der Waals surface area contributed by atoms with Gasteiger partial charge in [0.05, 0.1) is 0 Å². The Hall–Kier alpha value is -1.84. The summed E-state index contributed by atoms with van der Waals surface area (Å²) in [5.41, 5.74) is 2.12. The molecular formula is C18H24N2O2. The zero-order valence-corrected chi connectivity index (χ0v) is 13.6. The van der Waals surface area contributed by atoms with Gasteiger partial charge in [0.25, 0.3) is 0 Å². The van der Waals surface area contributed by atoms with Gasteiger partial charge in [-0.25, -0.2) is 0 Å². The van der Waals surface area contributed by atoms with Crippen LogP contribution in [0.3, 0.4) is 0 Å². The highest BCUT2D eigenvalue weighted by Crippen LogP contribution is 2.42. The van der Waals surface area contributed by atoms with E-state index in [4.69, 9.17) is 0 Å². The SMILES string of the molecule is Cc1ccc(N2CC3(CCN(C(=O)C(C)C)C3)CC2=O)cc1. The first-order valence-electron chi connectivity index (χ1n) is 8.06. The van der Waals surface area contributed by atoms with E-state index in [1.807, 2.05) is 54.8 Å². The van der Waals surface area contributed by atoms with Gasteiger partial charge in [0, 0.05) is 43.1 Å². The molecule has 2 aliphatic heterocycles. The van der Waals surface area contributed by atoms with Gasteiger partial charge in [-0.2, -0.15) is 0 Å². The molecule has 4 heteroatoms. The minimum absolute atomic E-state index is 0.0282. The van der Waals surface area contributed by atoms with E-state index >= 15 is 0 Å². The van der Waals surface area contributed by atoms with E-state index in [9.17, 15) is 9.59 Å². The molecule has 1 aromatic rings. The summed E-state index contributed by atoms with van der Waals surface area (Å²) in [6, 6.07) is 8.10. The molecule has 0 saturated carbocycles. The number of carbonyl (C=O) groups is 2. The van der Waals surface area contributed by atoms with Gasteiger partial charge < -0.3 is 9.80 Å². The molecule has 1 aromatic carbocycles. The zero-order valence-electron chi connectivity index (χ0n) is 13.6. The Bertz CT molecular complexity index is 594. The molecule has 3 rings (SSSR count). The maximum absolute atomic E-state index is 12.5. The number of benzene rings is 1. The number of hydrogen-bond donors (Lipinski definition) is 0. The maximum atomic E-state index is 12.5. The molecule has 22 heavy (non-hydrogen) atoms. The molecule has 2 amide bonds. The Kier molecular flexibility index (Phi) is 3.71. The van der Waals surface area contributed by atoms with E-state index in [1.54, 1.807) is 0 Å². The highest BCUT2D eigenvalue weighted by Gasteiger charge is 2.48. The molecule has 2 aliphatic rings. The number of anilines is 1. The zero-order chi connectivity index (χ0) is 15.9. The van der Waals surface area contributed by atoms with Crippen LogP contribution in [0.1, 0.15) is 32.3 Å². The second-order valence-corrected chi connectivity index (χ2v) is 7.16. The molecule has 1 unspecified atom stereocenters. The van der Waals surface area contributed by atoms with Crippen LogP contribution in [0.5, 0.6) is 0 Å². The summed E-state index contributed by atoms with van der Waals surface area (Å²) in [6.07, 6.45) is 1.49. The predicted molar refractivity (Wildman–Crippen MR) is 86.6 cm³/mol. The lowest BCUT2D eigenvalue weighted by molar-refractivity contribution is -0.133. The smallest absolute Gasteiger partial charge is 0.227 e. The highest BCUT2D eigenvalue weighted by molar-refractivity contribution is 5.96. The van der Waals surface area contributed by atoms with Gasteiger partial charge in [-0.15, -0.1) is 0 Å². The molecule has 0 N–H and O–H groups in total. The maximum Gasteiger partial charge on any atom is 0.227 e. The van der Waals surface area contributed by atoms with Crippen molar-refractivity contribution in [3.63, 3.8) is 0 Å². The molecule has 0 aromatic heterocycles. The second-order valence-electron chi connectivity index (χ2n) is 7.16. The minimum Gasteiger partial charge on any atom is -0.342 e. The molecule has 118 valence electrons. The fraction of sp³-hybridized carbons (Fsp3) is 0.556. The normalized spacial score (nSPS) is 24.8. The summed E-state index contributed by atoms with van der Waals surface area (Å²) < 4.78 is 0. The number of amides is 2. The molecule has 0 radical (unpaired) electrons. The predicted octanol–water partition coefficient (Wildman–Crippen LogP) is 2.61. The first-order chi connectivity index (χ1) is 10.4. The Balaban J connectivity index is 1.75. The third-order valence-electron chi connectivity index (χ3n) is 4.91. The van der Waals surface area contributed by atoms with Gasteiger partial charge in [-0.05, 0) is 25.5 Å².